The minimum Gasteiger partial charge on any atom is -0.380 e. The zero-order valence-corrected chi connectivity index (χ0v) is 8.71. The van der Waals surface area contributed by atoms with Crippen molar-refractivity contribution in [3.05, 3.63) is 23.8 Å². The zero-order chi connectivity index (χ0) is 9.26. The summed E-state index contributed by atoms with van der Waals surface area (Å²) in [7, 11) is 0. The fourth-order valence-corrected chi connectivity index (χ4v) is 1.86. The van der Waals surface area contributed by atoms with Gasteiger partial charge < -0.3 is 10.2 Å². The van der Waals surface area contributed by atoms with Crippen LogP contribution in [0.4, 0.5) is 16.1 Å². The van der Waals surface area contributed by atoms with E-state index in [1.54, 1.807) is 0 Å². The van der Waals surface area contributed by atoms with Gasteiger partial charge in [0.05, 0.1) is 0 Å². The third-order valence-electron chi connectivity index (χ3n) is 2.71. The van der Waals surface area contributed by atoms with Gasteiger partial charge in [0.2, 0.25) is 0 Å². The molecule has 1 aromatic rings. The number of nitrogens with zero attached hydrogens (tertiary/aromatic N) is 1. The van der Waals surface area contributed by atoms with Crippen molar-refractivity contribution in [3.8, 4) is 0 Å². The molecule has 1 aliphatic rings. The highest BCUT2D eigenvalue weighted by atomic mass is 19.0. The Morgan fingerprint density at radius 1 is 1.29 bits per heavy atom. The van der Waals surface area contributed by atoms with E-state index in [0.717, 1.165) is 19.6 Å². The largest absolute Gasteiger partial charge is 0.380 e. The van der Waals surface area contributed by atoms with Crippen LogP contribution in [0, 0.1) is 0 Å². The molecular formula is C11H17FN2. The smallest absolute Gasteiger partial charge is 0.0442 e. The predicted octanol–water partition coefficient (Wildman–Crippen LogP) is 2.61. The number of hydrogen-bond donors (Lipinski definition) is 1. The average Bonchev–Trinajstić information content (AvgIpc) is 2.10. The monoisotopic (exact) mass is 196 g/mol. The van der Waals surface area contributed by atoms with Gasteiger partial charge >= 0.3 is 0 Å². The molecule has 0 fully saturated rings. The minimum absolute atomic E-state index is 0. The maximum Gasteiger partial charge on any atom is 0.0442 e. The third kappa shape index (κ3) is 1.54. The number of rotatable bonds is 3. The molecule has 2 rings (SSSR count). The molecule has 0 amide bonds. The van der Waals surface area contributed by atoms with Crippen LogP contribution in [0.25, 0.3) is 0 Å². The molecular weight excluding hydrogens is 179 g/mol. The Labute approximate surface area is 84.3 Å². The first-order valence-corrected chi connectivity index (χ1v) is 4.97. The second kappa shape index (κ2) is 4.31. The van der Waals surface area contributed by atoms with Crippen molar-refractivity contribution in [3.63, 3.8) is 0 Å². The van der Waals surface area contributed by atoms with Gasteiger partial charge in [-0.3, -0.25) is 4.70 Å². The Morgan fingerprint density at radius 2 is 2.00 bits per heavy atom. The maximum atomic E-state index is 3.31. The Hall–Kier alpha value is -1.25. The summed E-state index contributed by atoms with van der Waals surface area (Å²) in [5.41, 5.74) is 4.19. The maximum absolute atomic E-state index is 3.31. The van der Waals surface area contributed by atoms with Gasteiger partial charge in [-0.25, -0.2) is 0 Å². The van der Waals surface area contributed by atoms with Gasteiger partial charge in [-0.05, 0) is 26.0 Å². The molecule has 0 aliphatic carbocycles. The van der Waals surface area contributed by atoms with Crippen molar-refractivity contribution >= 4 is 11.4 Å². The summed E-state index contributed by atoms with van der Waals surface area (Å²) in [4.78, 5) is 2.40. The second-order valence-electron chi connectivity index (χ2n) is 3.33. The molecule has 0 unspecified atom stereocenters. The van der Waals surface area contributed by atoms with Gasteiger partial charge in [-0.1, -0.05) is 6.07 Å². The Kier molecular flexibility index (Phi) is 3.33. The van der Waals surface area contributed by atoms with Crippen molar-refractivity contribution in [2.75, 3.05) is 23.3 Å². The van der Waals surface area contributed by atoms with Crippen LogP contribution < -0.4 is 10.2 Å². The molecule has 0 spiro atoms. The van der Waals surface area contributed by atoms with Crippen LogP contribution in [-0.4, -0.2) is 13.1 Å². The molecule has 1 heterocycles. The van der Waals surface area contributed by atoms with Crippen molar-refractivity contribution in [1.82, 2.24) is 0 Å². The van der Waals surface area contributed by atoms with Crippen molar-refractivity contribution in [1.29, 1.82) is 0 Å². The highest BCUT2D eigenvalue weighted by Gasteiger charge is 2.17. The van der Waals surface area contributed by atoms with Gasteiger partial charge in [0.25, 0.3) is 0 Å². The summed E-state index contributed by atoms with van der Waals surface area (Å²) in [6, 6.07) is 6.48. The lowest BCUT2D eigenvalue weighted by Gasteiger charge is -2.30. The first-order chi connectivity index (χ1) is 6.36. The molecule has 0 saturated carbocycles. The second-order valence-corrected chi connectivity index (χ2v) is 3.33. The number of benzene rings is 1. The van der Waals surface area contributed by atoms with Crippen LogP contribution in [0.1, 0.15) is 19.4 Å². The van der Waals surface area contributed by atoms with E-state index in [4.69, 9.17) is 0 Å². The lowest BCUT2D eigenvalue weighted by atomic mass is 10.0. The van der Waals surface area contributed by atoms with Crippen LogP contribution in [0.5, 0.6) is 0 Å². The first-order valence-electron chi connectivity index (χ1n) is 4.97. The summed E-state index contributed by atoms with van der Waals surface area (Å²) < 4.78 is 0. The van der Waals surface area contributed by atoms with E-state index >= 15 is 0 Å². The van der Waals surface area contributed by atoms with Crippen LogP contribution in [0.3, 0.4) is 0 Å². The molecule has 3 heteroatoms. The quantitative estimate of drug-likeness (QED) is 0.799. The molecule has 0 atom stereocenters. The van der Waals surface area contributed by atoms with Gasteiger partial charge in [0.15, 0.2) is 0 Å². The van der Waals surface area contributed by atoms with Crippen molar-refractivity contribution in [2.45, 2.75) is 20.4 Å². The molecule has 1 aliphatic heterocycles. The summed E-state index contributed by atoms with van der Waals surface area (Å²) in [5.74, 6) is 0. The number of hydrogen-bond acceptors (Lipinski definition) is 2. The SMILES string of the molecule is CCN(CC)c1cccc2c1CN2.F. The summed E-state index contributed by atoms with van der Waals surface area (Å²) in [6.07, 6.45) is 0. The van der Waals surface area contributed by atoms with Crippen molar-refractivity contribution in [2.24, 2.45) is 0 Å². The lowest BCUT2D eigenvalue weighted by molar-refractivity contribution is 0.850. The number of halogens is 1. The Bertz CT molecular complexity index is 308. The van der Waals surface area contributed by atoms with Crippen molar-refractivity contribution < 1.29 is 4.70 Å². The molecule has 14 heavy (non-hydrogen) atoms. The van der Waals surface area contributed by atoms with Crippen LogP contribution in [-0.2, 0) is 6.54 Å². The molecule has 0 bridgehead atoms. The van der Waals surface area contributed by atoms with Crippen LogP contribution in [0.2, 0.25) is 0 Å². The molecule has 78 valence electrons. The van der Waals surface area contributed by atoms with E-state index < -0.39 is 0 Å². The van der Waals surface area contributed by atoms with E-state index in [-0.39, 0.29) is 4.70 Å². The summed E-state index contributed by atoms with van der Waals surface area (Å²) in [6.45, 7) is 7.62. The normalized spacial score (nSPS) is 11.9. The average molecular weight is 196 g/mol. The molecule has 1 aromatic carbocycles. The fourth-order valence-electron chi connectivity index (χ4n) is 1.86. The van der Waals surface area contributed by atoms with E-state index in [9.17, 15) is 0 Å². The van der Waals surface area contributed by atoms with E-state index in [1.165, 1.54) is 16.9 Å². The molecule has 2 nitrogen and oxygen atoms in total. The Balaban J connectivity index is 0.000000980. The van der Waals surface area contributed by atoms with Gasteiger partial charge in [-0.15, -0.1) is 0 Å². The van der Waals surface area contributed by atoms with Gasteiger partial charge in [0.1, 0.15) is 0 Å². The summed E-state index contributed by atoms with van der Waals surface area (Å²) in [5, 5.41) is 3.31. The van der Waals surface area contributed by atoms with E-state index in [1.807, 2.05) is 0 Å². The fraction of sp³-hybridized carbons (Fsp3) is 0.455. The van der Waals surface area contributed by atoms with Crippen LogP contribution in [0.15, 0.2) is 18.2 Å². The Morgan fingerprint density at radius 3 is 2.50 bits per heavy atom. The highest BCUT2D eigenvalue weighted by molar-refractivity contribution is 5.72. The number of nitrogens with one attached hydrogen (secondary N) is 1. The topological polar surface area (TPSA) is 15.3 Å². The molecule has 1 N–H and O–H groups in total. The lowest BCUT2D eigenvalue weighted by Crippen LogP contribution is -2.26. The third-order valence-corrected chi connectivity index (χ3v) is 2.71. The predicted molar refractivity (Wildman–Crippen MR) is 59.8 cm³/mol. The van der Waals surface area contributed by atoms with E-state index in [2.05, 4.69) is 42.3 Å². The van der Waals surface area contributed by atoms with Gasteiger partial charge in [-0.2, -0.15) is 0 Å². The number of fused-ring (bicyclic) bond motifs is 1. The van der Waals surface area contributed by atoms with Gasteiger partial charge in [0, 0.05) is 36.6 Å². The standard InChI is InChI=1S/C11H16N2.FH/c1-3-13(4-2)11-7-5-6-10-9(11)8-12-10;/h5-7,12H,3-4,8H2,1-2H3;1H. The van der Waals surface area contributed by atoms with Crippen LogP contribution >= 0.6 is 0 Å². The molecule has 0 aromatic heterocycles. The number of anilines is 2. The molecule has 0 radical (unpaired) electrons. The van der Waals surface area contributed by atoms with E-state index in [0.29, 0.717) is 0 Å². The highest BCUT2D eigenvalue weighted by Crippen LogP contribution is 2.34. The first kappa shape index (κ1) is 10.8. The molecule has 0 saturated heterocycles. The summed E-state index contributed by atoms with van der Waals surface area (Å²) >= 11 is 0. The minimum atomic E-state index is 0. The zero-order valence-electron chi connectivity index (χ0n) is 8.71.